The van der Waals surface area contributed by atoms with Crippen molar-refractivity contribution in [2.45, 2.75) is 30.2 Å². The predicted octanol–water partition coefficient (Wildman–Crippen LogP) is 1.39. The lowest BCUT2D eigenvalue weighted by Crippen LogP contribution is -2.64. The summed E-state index contributed by atoms with van der Waals surface area (Å²) in [5.74, 6) is -0.942. The Morgan fingerprint density at radius 2 is 2.04 bits per heavy atom. The lowest BCUT2D eigenvalue weighted by atomic mass is 9.86. The van der Waals surface area contributed by atoms with Gasteiger partial charge in [0.1, 0.15) is 12.6 Å². The van der Waals surface area contributed by atoms with Gasteiger partial charge in [-0.3, -0.25) is 9.69 Å². The molecule has 0 radical (unpaired) electrons. The molecule has 3 aliphatic rings. The van der Waals surface area contributed by atoms with Gasteiger partial charge in [-0.05, 0) is 11.6 Å². The fraction of sp³-hybridized carbons (Fsp3) is 0.389. The molecule has 7 nitrogen and oxygen atoms in total. The monoisotopic (exact) mass is 343 g/mol. The minimum Gasteiger partial charge on any atom is -0.467 e. The fourth-order valence-electron chi connectivity index (χ4n) is 3.79. The smallest absolute Gasteiger partial charge is 0.411 e. The first-order valence-corrected chi connectivity index (χ1v) is 8.05. The summed E-state index contributed by atoms with van der Waals surface area (Å²) in [6.45, 7) is 0.108. The third-order valence-electron chi connectivity index (χ3n) is 4.90. The van der Waals surface area contributed by atoms with Crippen molar-refractivity contribution in [1.29, 1.82) is 0 Å². The summed E-state index contributed by atoms with van der Waals surface area (Å²) in [6.07, 6.45) is 2.19. The highest BCUT2D eigenvalue weighted by Crippen LogP contribution is 2.43. The number of cyclic esters (lactones) is 1. The Morgan fingerprint density at radius 3 is 2.76 bits per heavy atom. The Labute approximate surface area is 144 Å². The van der Waals surface area contributed by atoms with E-state index in [-0.39, 0.29) is 18.8 Å². The van der Waals surface area contributed by atoms with Crippen LogP contribution in [-0.2, 0) is 23.8 Å². The second kappa shape index (κ2) is 5.70. The van der Waals surface area contributed by atoms with Gasteiger partial charge in [0.05, 0.1) is 19.3 Å². The van der Waals surface area contributed by atoms with Crippen molar-refractivity contribution >= 4 is 17.8 Å². The van der Waals surface area contributed by atoms with Crippen LogP contribution in [0.4, 0.5) is 4.79 Å². The summed E-state index contributed by atoms with van der Waals surface area (Å²) < 4.78 is 15.9. The molecule has 2 saturated heterocycles. The molecule has 0 saturated carbocycles. The Kier molecular flexibility index (Phi) is 3.61. The molecule has 2 bridgehead atoms. The summed E-state index contributed by atoms with van der Waals surface area (Å²) in [6, 6.07) is 7.67. The molecule has 4 atom stereocenters. The van der Waals surface area contributed by atoms with E-state index in [1.165, 1.54) is 18.1 Å². The first-order valence-electron chi connectivity index (χ1n) is 8.05. The average molecular weight is 343 g/mol. The van der Waals surface area contributed by atoms with Crippen LogP contribution in [0.2, 0.25) is 0 Å². The molecule has 0 aromatic heterocycles. The maximum atomic E-state index is 12.8. The van der Waals surface area contributed by atoms with E-state index in [2.05, 4.69) is 0 Å². The molecular formula is C18H17NO6. The third kappa shape index (κ3) is 2.26. The van der Waals surface area contributed by atoms with Gasteiger partial charge in [0.25, 0.3) is 0 Å². The maximum absolute atomic E-state index is 12.8. The third-order valence-corrected chi connectivity index (χ3v) is 4.90. The standard InChI is InChI=1S/C18H17NO6/c1-23-16(21)18-8-7-12(25-18)9-14(20)15(18)19-13(10-24-17(19)22)11-5-3-2-4-6-11/h2-8,12-13,15H,9-10H2,1H3/t12?,13-,15?,18-/m0/s1. The van der Waals surface area contributed by atoms with E-state index in [9.17, 15) is 14.4 Å². The molecule has 4 rings (SSSR count). The molecule has 3 heterocycles. The number of carbonyl (C=O) groups excluding carboxylic acids is 3. The minimum atomic E-state index is -1.62. The van der Waals surface area contributed by atoms with Gasteiger partial charge in [-0.1, -0.05) is 36.4 Å². The van der Waals surface area contributed by atoms with Gasteiger partial charge >= 0.3 is 12.1 Å². The lowest BCUT2D eigenvalue weighted by molar-refractivity contribution is -0.182. The highest BCUT2D eigenvalue weighted by Gasteiger charge is 2.62. The van der Waals surface area contributed by atoms with E-state index in [1.54, 1.807) is 6.08 Å². The molecule has 2 fully saturated rings. The second-order valence-corrected chi connectivity index (χ2v) is 6.28. The molecule has 25 heavy (non-hydrogen) atoms. The SMILES string of the molecule is COC(=O)[C@]12C=CC(CC(=O)C1N1C(=O)OC[C@H]1c1ccccc1)O2. The lowest BCUT2D eigenvalue weighted by Gasteiger charge is -2.42. The number of hydrogen-bond donors (Lipinski definition) is 0. The Hall–Kier alpha value is -2.67. The molecule has 7 heteroatoms. The number of benzene rings is 1. The number of hydrogen-bond acceptors (Lipinski definition) is 6. The highest BCUT2D eigenvalue weighted by atomic mass is 16.6. The molecular weight excluding hydrogens is 326 g/mol. The quantitative estimate of drug-likeness (QED) is 0.609. The maximum Gasteiger partial charge on any atom is 0.411 e. The summed E-state index contributed by atoms with van der Waals surface area (Å²) in [5, 5.41) is 0. The van der Waals surface area contributed by atoms with Gasteiger partial charge in [-0.25, -0.2) is 9.59 Å². The molecule has 3 aliphatic heterocycles. The zero-order valence-electron chi connectivity index (χ0n) is 13.6. The summed E-state index contributed by atoms with van der Waals surface area (Å²) in [4.78, 5) is 39.1. The molecule has 2 unspecified atom stereocenters. The number of Topliss-reactive ketones (excluding diaryl/α,β-unsaturated/α-hetero) is 1. The first kappa shape index (κ1) is 15.8. The Bertz CT molecular complexity index is 760. The van der Waals surface area contributed by atoms with Crippen LogP contribution in [0.15, 0.2) is 42.5 Å². The number of fused-ring (bicyclic) bond motifs is 2. The van der Waals surface area contributed by atoms with Crippen LogP contribution in [-0.4, -0.2) is 54.2 Å². The van der Waals surface area contributed by atoms with Crippen LogP contribution >= 0.6 is 0 Å². The molecule has 1 aromatic carbocycles. The van der Waals surface area contributed by atoms with Crippen molar-refractivity contribution in [2.75, 3.05) is 13.7 Å². The largest absolute Gasteiger partial charge is 0.467 e. The number of ketones is 1. The van der Waals surface area contributed by atoms with E-state index >= 15 is 0 Å². The number of ether oxygens (including phenoxy) is 3. The molecule has 130 valence electrons. The molecule has 1 amide bonds. The van der Waals surface area contributed by atoms with E-state index < -0.39 is 35.9 Å². The van der Waals surface area contributed by atoms with Crippen LogP contribution in [0.3, 0.4) is 0 Å². The number of methoxy groups -OCH3 is 1. The van der Waals surface area contributed by atoms with E-state index in [1.807, 2.05) is 30.3 Å². The Balaban J connectivity index is 1.79. The molecule has 0 N–H and O–H groups in total. The molecule has 1 aromatic rings. The Morgan fingerprint density at radius 1 is 1.28 bits per heavy atom. The van der Waals surface area contributed by atoms with Crippen molar-refractivity contribution in [3.05, 3.63) is 48.0 Å². The summed E-state index contributed by atoms with van der Waals surface area (Å²) in [5.41, 5.74) is -0.796. The molecule has 0 aliphatic carbocycles. The summed E-state index contributed by atoms with van der Waals surface area (Å²) >= 11 is 0. The highest BCUT2D eigenvalue weighted by molar-refractivity contribution is 5.99. The van der Waals surface area contributed by atoms with Crippen LogP contribution in [0.25, 0.3) is 0 Å². The normalized spacial score (nSPS) is 33.5. The van der Waals surface area contributed by atoms with Crippen molar-refractivity contribution < 1.29 is 28.6 Å². The van der Waals surface area contributed by atoms with Crippen molar-refractivity contribution in [1.82, 2.24) is 4.90 Å². The van der Waals surface area contributed by atoms with Crippen molar-refractivity contribution in [3.63, 3.8) is 0 Å². The van der Waals surface area contributed by atoms with Gasteiger partial charge in [-0.15, -0.1) is 0 Å². The molecule has 0 spiro atoms. The van der Waals surface area contributed by atoms with Crippen molar-refractivity contribution in [3.8, 4) is 0 Å². The van der Waals surface area contributed by atoms with Crippen LogP contribution in [0, 0.1) is 0 Å². The van der Waals surface area contributed by atoms with Crippen LogP contribution < -0.4 is 0 Å². The number of nitrogens with zero attached hydrogens (tertiary/aromatic N) is 1. The van der Waals surface area contributed by atoms with E-state index in [0.717, 1.165) is 5.56 Å². The zero-order chi connectivity index (χ0) is 17.6. The van der Waals surface area contributed by atoms with Crippen LogP contribution in [0.5, 0.6) is 0 Å². The van der Waals surface area contributed by atoms with E-state index in [0.29, 0.717) is 0 Å². The van der Waals surface area contributed by atoms with Gasteiger partial charge in [0.2, 0.25) is 5.60 Å². The predicted molar refractivity (Wildman–Crippen MR) is 84.5 cm³/mol. The number of carbonyl (C=O) groups is 3. The fourth-order valence-corrected chi connectivity index (χ4v) is 3.79. The van der Waals surface area contributed by atoms with E-state index in [4.69, 9.17) is 14.2 Å². The number of esters is 1. The summed E-state index contributed by atoms with van der Waals surface area (Å²) in [7, 11) is 1.23. The van der Waals surface area contributed by atoms with Gasteiger partial charge in [0, 0.05) is 6.42 Å². The van der Waals surface area contributed by atoms with Gasteiger partial charge in [0.15, 0.2) is 5.78 Å². The topological polar surface area (TPSA) is 82.1 Å². The van der Waals surface area contributed by atoms with Gasteiger partial charge in [-0.2, -0.15) is 0 Å². The first-order chi connectivity index (χ1) is 12.1. The number of amides is 1. The number of rotatable bonds is 3. The van der Waals surface area contributed by atoms with Gasteiger partial charge < -0.3 is 14.2 Å². The zero-order valence-corrected chi connectivity index (χ0v) is 13.6. The van der Waals surface area contributed by atoms with Crippen LogP contribution in [0.1, 0.15) is 18.0 Å². The average Bonchev–Trinajstić information content (AvgIpc) is 3.18. The van der Waals surface area contributed by atoms with Crippen molar-refractivity contribution in [2.24, 2.45) is 0 Å². The minimum absolute atomic E-state index is 0.102. The second-order valence-electron chi connectivity index (χ2n) is 6.28.